The molecule has 1 aromatic carbocycles. The largest absolute Gasteiger partial charge is 0.473 e. The summed E-state index contributed by atoms with van der Waals surface area (Å²) in [7, 11) is 0. The number of aryl methyl sites for hydroxylation is 1. The van der Waals surface area contributed by atoms with E-state index in [2.05, 4.69) is 15.5 Å². The highest BCUT2D eigenvalue weighted by Gasteiger charge is 2.35. The number of aromatic nitrogens is 2. The summed E-state index contributed by atoms with van der Waals surface area (Å²) in [6.45, 7) is 5.12. The summed E-state index contributed by atoms with van der Waals surface area (Å²) in [5, 5.41) is 7.10. The van der Waals surface area contributed by atoms with Gasteiger partial charge in [-0.25, -0.2) is 4.98 Å². The van der Waals surface area contributed by atoms with Crippen molar-refractivity contribution in [2.45, 2.75) is 26.0 Å². The number of ether oxygens (including phenoxy) is 2. The van der Waals surface area contributed by atoms with Gasteiger partial charge in [0.15, 0.2) is 0 Å². The van der Waals surface area contributed by atoms with Gasteiger partial charge in [0.25, 0.3) is 5.91 Å². The zero-order valence-electron chi connectivity index (χ0n) is 15.8. The fourth-order valence-electron chi connectivity index (χ4n) is 2.96. The van der Waals surface area contributed by atoms with Crippen molar-refractivity contribution in [2.24, 2.45) is 0 Å². The Bertz CT molecular complexity index is 963. The van der Waals surface area contributed by atoms with Crippen molar-refractivity contribution in [3.8, 4) is 17.1 Å². The number of hydrogen-bond acceptors (Lipinski definition) is 6. The number of hydrogen-bond donors (Lipinski definition) is 1. The molecule has 0 unspecified atom stereocenters. The van der Waals surface area contributed by atoms with E-state index < -0.39 is 0 Å². The van der Waals surface area contributed by atoms with Gasteiger partial charge >= 0.3 is 0 Å². The second kappa shape index (κ2) is 7.44. The summed E-state index contributed by atoms with van der Waals surface area (Å²) in [5.74, 6) is 0.950. The lowest BCUT2D eigenvalue weighted by molar-refractivity contribution is -0.0593. The Morgan fingerprint density at radius 3 is 2.64 bits per heavy atom. The number of amides is 1. The van der Waals surface area contributed by atoms with Crippen LogP contribution >= 0.6 is 0 Å². The third kappa shape index (κ3) is 3.75. The van der Waals surface area contributed by atoms with Crippen molar-refractivity contribution >= 4 is 5.91 Å². The molecule has 1 fully saturated rings. The van der Waals surface area contributed by atoms with Crippen molar-refractivity contribution in [3.63, 3.8) is 0 Å². The summed E-state index contributed by atoms with van der Waals surface area (Å²) >= 11 is 0. The van der Waals surface area contributed by atoms with Gasteiger partial charge in [-0.3, -0.25) is 4.79 Å². The normalized spacial score (nSPS) is 14.9. The summed E-state index contributed by atoms with van der Waals surface area (Å²) in [6, 6.07) is 13.2. The zero-order chi connectivity index (χ0) is 19.6. The first kappa shape index (κ1) is 18.2. The summed E-state index contributed by atoms with van der Waals surface area (Å²) < 4.78 is 16.3. The van der Waals surface area contributed by atoms with E-state index in [-0.39, 0.29) is 18.1 Å². The van der Waals surface area contributed by atoms with E-state index in [1.807, 2.05) is 44.2 Å². The molecule has 1 saturated heterocycles. The Kier molecular flexibility index (Phi) is 4.83. The molecule has 0 aliphatic carbocycles. The molecule has 1 aliphatic rings. The van der Waals surface area contributed by atoms with Crippen LogP contribution in [-0.2, 0) is 11.3 Å². The van der Waals surface area contributed by atoms with Crippen molar-refractivity contribution in [1.82, 2.24) is 15.5 Å². The van der Waals surface area contributed by atoms with Gasteiger partial charge in [0.1, 0.15) is 18.1 Å². The predicted octanol–water partition coefficient (Wildman–Crippen LogP) is 3.14. The Hall–Kier alpha value is -3.19. The quantitative estimate of drug-likeness (QED) is 0.708. The van der Waals surface area contributed by atoms with Crippen LogP contribution in [-0.4, -0.2) is 34.8 Å². The monoisotopic (exact) mass is 379 g/mol. The Morgan fingerprint density at radius 1 is 1.21 bits per heavy atom. The fraction of sp³-hybridized carbons (Fsp3) is 0.286. The molecule has 0 saturated carbocycles. The highest BCUT2D eigenvalue weighted by molar-refractivity contribution is 5.94. The predicted molar refractivity (Wildman–Crippen MR) is 102 cm³/mol. The molecule has 0 radical (unpaired) electrons. The van der Waals surface area contributed by atoms with Crippen LogP contribution in [0.15, 0.2) is 53.2 Å². The minimum atomic E-state index is -0.300. The number of benzene rings is 1. The summed E-state index contributed by atoms with van der Waals surface area (Å²) in [6.07, 6.45) is 1.51. The molecule has 1 amide bonds. The van der Waals surface area contributed by atoms with Gasteiger partial charge in [0.2, 0.25) is 5.88 Å². The topological polar surface area (TPSA) is 86.5 Å². The first-order valence-electron chi connectivity index (χ1n) is 9.04. The maximum Gasteiger partial charge on any atom is 0.253 e. The smallest absolute Gasteiger partial charge is 0.253 e. The van der Waals surface area contributed by atoms with Crippen LogP contribution in [0.5, 0.6) is 5.88 Å². The Balaban J connectivity index is 1.42. The summed E-state index contributed by atoms with van der Waals surface area (Å²) in [5.41, 5.74) is 2.77. The molecule has 28 heavy (non-hydrogen) atoms. The Labute approximate surface area is 162 Å². The van der Waals surface area contributed by atoms with E-state index in [4.69, 9.17) is 14.0 Å². The average molecular weight is 379 g/mol. The molecule has 7 nitrogen and oxygen atoms in total. The SMILES string of the molecule is Cc1onc(-c2ccccc2)c1COc1ccc(C(=O)NC2(C)COC2)cn1. The van der Waals surface area contributed by atoms with E-state index in [1.165, 1.54) is 6.20 Å². The second-order valence-corrected chi connectivity index (χ2v) is 7.11. The van der Waals surface area contributed by atoms with Gasteiger partial charge in [-0.15, -0.1) is 0 Å². The maximum absolute atomic E-state index is 12.3. The molecule has 2 aromatic heterocycles. The van der Waals surface area contributed by atoms with Crippen molar-refractivity contribution in [1.29, 1.82) is 0 Å². The maximum atomic E-state index is 12.3. The number of nitrogens with zero attached hydrogens (tertiary/aromatic N) is 2. The zero-order valence-corrected chi connectivity index (χ0v) is 15.8. The number of rotatable bonds is 6. The van der Waals surface area contributed by atoms with Gasteiger partial charge in [-0.05, 0) is 19.9 Å². The molecule has 7 heteroatoms. The van der Waals surface area contributed by atoms with Crippen LogP contribution in [0.4, 0.5) is 0 Å². The minimum Gasteiger partial charge on any atom is -0.473 e. The van der Waals surface area contributed by atoms with Crippen LogP contribution in [0.2, 0.25) is 0 Å². The summed E-state index contributed by atoms with van der Waals surface area (Å²) in [4.78, 5) is 16.5. The minimum absolute atomic E-state index is 0.175. The third-order valence-corrected chi connectivity index (χ3v) is 4.65. The molecule has 1 N–H and O–H groups in total. The van der Waals surface area contributed by atoms with Crippen LogP contribution < -0.4 is 10.1 Å². The van der Waals surface area contributed by atoms with E-state index in [0.29, 0.717) is 30.4 Å². The highest BCUT2D eigenvalue weighted by atomic mass is 16.5. The molecule has 3 aromatic rings. The fourth-order valence-corrected chi connectivity index (χ4v) is 2.96. The van der Waals surface area contributed by atoms with E-state index in [9.17, 15) is 4.79 Å². The molecular formula is C21H21N3O4. The average Bonchev–Trinajstić information content (AvgIpc) is 3.06. The van der Waals surface area contributed by atoms with Gasteiger partial charge in [-0.2, -0.15) is 0 Å². The molecule has 0 atom stereocenters. The van der Waals surface area contributed by atoms with E-state index in [0.717, 1.165) is 16.8 Å². The Morgan fingerprint density at radius 2 is 2.00 bits per heavy atom. The lowest BCUT2D eigenvalue weighted by Crippen LogP contribution is -2.59. The molecular weight excluding hydrogens is 358 g/mol. The van der Waals surface area contributed by atoms with Crippen LogP contribution in [0.25, 0.3) is 11.3 Å². The van der Waals surface area contributed by atoms with Gasteiger partial charge < -0.3 is 19.3 Å². The molecule has 0 spiro atoms. The van der Waals surface area contributed by atoms with Gasteiger partial charge in [0.05, 0.1) is 29.9 Å². The second-order valence-electron chi connectivity index (χ2n) is 7.11. The van der Waals surface area contributed by atoms with E-state index >= 15 is 0 Å². The number of nitrogens with one attached hydrogen (secondary N) is 1. The van der Waals surface area contributed by atoms with Gasteiger partial charge in [0, 0.05) is 17.8 Å². The molecule has 144 valence electrons. The first-order chi connectivity index (χ1) is 13.5. The van der Waals surface area contributed by atoms with Crippen molar-refractivity contribution in [2.75, 3.05) is 13.2 Å². The number of carbonyl (C=O) groups excluding carboxylic acids is 1. The molecule has 4 rings (SSSR count). The standard InChI is InChI=1S/C21H21N3O4/c1-14-17(19(24-28-14)15-6-4-3-5-7-15)11-27-18-9-8-16(10-22-18)20(25)23-21(2)12-26-13-21/h3-10H,11-13H2,1-2H3,(H,23,25). The lowest BCUT2D eigenvalue weighted by atomic mass is 10.0. The highest BCUT2D eigenvalue weighted by Crippen LogP contribution is 2.26. The number of carbonyl (C=O) groups is 1. The first-order valence-corrected chi connectivity index (χ1v) is 9.04. The van der Waals surface area contributed by atoms with Crippen LogP contribution in [0.1, 0.15) is 28.6 Å². The van der Waals surface area contributed by atoms with Crippen LogP contribution in [0.3, 0.4) is 0 Å². The van der Waals surface area contributed by atoms with E-state index in [1.54, 1.807) is 12.1 Å². The number of pyridine rings is 1. The third-order valence-electron chi connectivity index (χ3n) is 4.65. The van der Waals surface area contributed by atoms with Crippen molar-refractivity contribution < 1.29 is 18.8 Å². The van der Waals surface area contributed by atoms with Crippen LogP contribution in [0, 0.1) is 6.92 Å². The van der Waals surface area contributed by atoms with Gasteiger partial charge in [-0.1, -0.05) is 35.5 Å². The molecule has 3 heterocycles. The van der Waals surface area contributed by atoms with Crippen molar-refractivity contribution in [3.05, 3.63) is 65.5 Å². The molecule has 1 aliphatic heterocycles. The molecule has 0 bridgehead atoms. The lowest BCUT2D eigenvalue weighted by Gasteiger charge is -2.38.